The minimum Gasteiger partial charge on any atom is -0.382 e. The second kappa shape index (κ2) is 8.56. The fourth-order valence-corrected chi connectivity index (χ4v) is 1.17. The van der Waals surface area contributed by atoms with Crippen LogP contribution >= 0.6 is 0 Å². The van der Waals surface area contributed by atoms with E-state index >= 15 is 0 Å². The Labute approximate surface area is 90.9 Å². The monoisotopic (exact) mass is 215 g/mol. The zero-order chi connectivity index (χ0) is 11.6. The maximum Gasteiger partial charge on any atom is 0.212 e. The molecule has 4 nitrogen and oxygen atoms in total. The third-order valence-corrected chi connectivity index (χ3v) is 2.22. The van der Waals surface area contributed by atoms with E-state index in [-0.39, 0.29) is 0 Å². The summed E-state index contributed by atoms with van der Waals surface area (Å²) in [6.07, 6.45) is 3.21. The Hall–Kier alpha value is -0.740. The number of aldehydes is 1. The smallest absolute Gasteiger partial charge is 0.212 e. The summed E-state index contributed by atoms with van der Waals surface area (Å²) in [6, 6.07) is 0. The second-order valence-electron chi connectivity index (χ2n) is 3.27. The molecule has 0 saturated heterocycles. The molecule has 4 heteroatoms. The van der Waals surface area contributed by atoms with Crippen LogP contribution < -0.4 is 0 Å². The molecule has 0 heterocycles. The molecule has 1 radical (unpaired) electrons. The Balaban J connectivity index is 4.05. The van der Waals surface area contributed by atoms with Crippen LogP contribution in [0.1, 0.15) is 26.7 Å². The van der Waals surface area contributed by atoms with Gasteiger partial charge in [0.25, 0.3) is 0 Å². The molecular formula is C11H19O4. The van der Waals surface area contributed by atoms with Gasteiger partial charge in [-0.2, -0.15) is 0 Å². The molecule has 87 valence electrons. The van der Waals surface area contributed by atoms with Crippen LogP contribution in [0.2, 0.25) is 0 Å². The Kier molecular flexibility index (Phi) is 8.14. The van der Waals surface area contributed by atoms with Crippen LogP contribution in [-0.4, -0.2) is 39.0 Å². The highest BCUT2D eigenvalue weighted by Gasteiger charge is 2.30. The lowest BCUT2D eigenvalue weighted by Gasteiger charge is -2.19. The van der Waals surface area contributed by atoms with Gasteiger partial charge < -0.3 is 14.3 Å². The fraction of sp³-hybridized carbons (Fsp3) is 0.818. The molecule has 0 spiro atoms. The molecular weight excluding hydrogens is 196 g/mol. The van der Waals surface area contributed by atoms with E-state index < -0.39 is 5.41 Å². The molecule has 0 aliphatic heterocycles. The molecule has 0 rings (SSSR count). The minimum atomic E-state index is -1.05. The van der Waals surface area contributed by atoms with Gasteiger partial charge >= 0.3 is 0 Å². The number of hydrogen-bond donors (Lipinski definition) is 0. The lowest BCUT2D eigenvalue weighted by atomic mass is 9.85. The summed E-state index contributed by atoms with van der Waals surface area (Å²) < 4.78 is 10.2. The summed E-state index contributed by atoms with van der Waals surface area (Å²) in [5.41, 5.74) is -1.05. The van der Waals surface area contributed by atoms with Crippen molar-refractivity contribution in [1.29, 1.82) is 0 Å². The molecule has 0 aromatic rings. The Morgan fingerprint density at radius 1 is 1.13 bits per heavy atom. The molecule has 0 amide bonds. The van der Waals surface area contributed by atoms with Gasteiger partial charge in [0, 0.05) is 26.4 Å². The third kappa shape index (κ3) is 5.64. The van der Waals surface area contributed by atoms with E-state index in [0.29, 0.717) is 45.6 Å². The van der Waals surface area contributed by atoms with E-state index in [1.165, 1.54) is 0 Å². The largest absolute Gasteiger partial charge is 0.382 e. The van der Waals surface area contributed by atoms with Gasteiger partial charge in [-0.05, 0) is 26.7 Å². The SMILES string of the molecule is CCOCCC([C]=O)(C=O)CCOCC. The van der Waals surface area contributed by atoms with Gasteiger partial charge in [0.15, 0.2) is 0 Å². The van der Waals surface area contributed by atoms with Crippen LogP contribution in [0.3, 0.4) is 0 Å². The number of rotatable bonds is 10. The van der Waals surface area contributed by atoms with Gasteiger partial charge in [-0.25, -0.2) is 0 Å². The highest BCUT2D eigenvalue weighted by molar-refractivity contribution is 5.83. The molecule has 0 bridgehead atoms. The van der Waals surface area contributed by atoms with Crippen LogP contribution in [0.15, 0.2) is 0 Å². The van der Waals surface area contributed by atoms with Crippen molar-refractivity contribution in [2.24, 2.45) is 5.41 Å². The summed E-state index contributed by atoms with van der Waals surface area (Å²) >= 11 is 0. The quantitative estimate of drug-likeness (QED) is 0.311. The topological polar surface area (TPSA) is 52.6 Å². The van der Waals surface area contributed by atoms with Gasteiger partial charge in [-0.15, -0.1) is 0 Å². The highest BCUT2D eigenvalue weighted by atomic mass is 16.5. The molecule has 0 aromatic heterocycles. The van der Waals surface area contributed by atoms with Gasteiger partial charge in [-0.3, -0.25) is 4.79 Å². The summed E-state index contributed by atoms with van der Waals surface area (Å²) in [4.78, 5) is 21.7. The van der Waals surface area contributed by atoms with Gasteiger partial charge in [0.1, 0.15) is 6.29 Å². The molecule has 0 aromatic carbocycles. The van der Waals surface area contributed by atoms with Gasteiger partial charge in [-0.1, -0.05) is 0 Å². The van der Waals surface area contributed by atoms with E-state index in [4.69, 9.17) is 9.47 Å². The number of hydrogen-bond acceptors (Lipinski definition) is 4. The standard InChI is InChI=1S/C11H19O4/c1-3-14-7-5-11(9-12,10-13)6-8-15-4-2/h9H,3-8H2,1-2H3. The molecule has 0 unspecified atom stereocenters. The van der Waals surface area contributed by atoms with Crippen LogP contribution in [-0.2, 0) is 19.1 Å². The van der Waals surface area contributed by atoms with Crippen molar-refractivity contribution in [3.05, 3.63) is 0 Å². The lowest BCUT2D eigenvalue weighted by molar-refractivity contribution is -0.114. The molecule has 15 heavy (non-hydrogen) atoms. The summed E-state index contributed by atoms with van der Waals surface area (Å²) in [6.45, 7) is 5.70. The van der Waals surface area contributed by atoms with Crippen molar-refractivity contribution in [3.63, 3.8) is 0 Å². The first-order valence-corrected chi connectivity index (χ1v) is 5.25. The number of carbonyl (C=O) groups is 1. The summed E-state index contributed by atoms with van der Waals surface area (Å²) in [5, 5.41) is 0. The van der Waals surface area contributed by atoms with Crippen LogP contribution in [0.25, 0.3) is 0 Å². The Bertz CT molecular complexity index is 159. The van der Waals surface area contributed by atoms with Gasteiger partial charge in [0.2, 0.25) is 6.29 Å². The fourth-order valence-electron chi connectivity index (χ4n) is 1.17. The highest BCUT2D eigenvalue weighted by Crippen LogP contribution is 2.21. The van der Waals surface area contributed by atoms with E-state index in [2.05, 4.69) is 0 Å². The predicted octanol–water partition coefficient (Wildman–Crippen LogP) is 1.13. The summed E-state index contributed by atoms with van der Waals surface area (Å²) in [5.74, 6) is 0. The van der Waals surface area contributed by atoms with Crippen molar-refractivity contribution in [3.8, 4) is 0 Å². The van der Waals surface area contributed by atoms with E-state index in [1.54, 1.807) is 6.29 Å². The third-order valence-electron chi connectivity index (χ3n) is 2.22. The maximum absolute atomic E-state index is 10.9. The number of carbonyl (C=O) groups excluding carboxylic acids is 2. The molecule has 0 fully saturated rings. The van der Waals surface area contributed by atoms with Crippen molar-refractivity contribution in [2.45, 2.75) is 26.7 Å². The average molecular weight is 215 g/mol. The van der Waals surface area contributed by atoms with Gasteiger partial charge in [0.05, 0.1) is 5.41 Å². The lowest BCUT2D eigenvalue weighted by Crippen LogP contribution is -2.28. The first-order valence-electron chi connectivity index (χ1n) is 5.25. The second-order valence-corrected chi connectivity index (χ2v) is 3.27. The molecule has 0 aliphatic carbocycles. The van der Waals surface area contributed by atoms with Crippen molar-refractivity contribution >= 4 is 12.6 Å². The number of ether oxygens (including phenoxy) is 2. The van der Waals surface area contributed by atoms with E-state index in [9.17, 15) is 9.59 Å². The molecule has 0 N–H and O–H groups in total. The zero-order valence-electron chi connectivity index (χ0n) is 9.45. The van der Waals surface area contributed by atoms with E-state index in [0.717, 1.165) is 0 Å². The maximum atomic E-state index is 10.9. The first-order chi connectivity index (χ1) is 7.24. The predicted molar refractivity (Wildman–Crippen MR) is 56.4 cm³/mol. The first kappa shape index (κ1) is 14.3. The minimum absolute atomic E-state index is 0.376. The van der Waals surface area contributed by atoms with E-state index in [1.807, 2.05) is 13.8 Å². The Morgan fingerprint density at radius 2 is 1.60 bits per heavy atom. The van der Waals surface area contributed by atoms with Crippen molar-refractivity contribution < 1.29 is 19.1 Å². The summed E-state index contributed by atoms with van der Waals surface area (Å²) in [7, 11) is 0. The van der Waals surface area contributed by atoms with Crippen LogP contribution in [0, 0.1) is 5.41 Å². The normalized spacial score (nSPS) is 11.3. The average Bonchev–Trinajstić information content (AvgIpc) is 2.28. The molecule has 0 aliphatic rings. The van der Waals surface area contributed by atoms with Crippen LogP contribution in [0.4, 0.5) is 0 Å². The van der Waals surface area contributed by atoms with Crippen LogP contribution in [0.5, 0.6) is 0 Å². The zero-order valence-corrected chi connectivity index (χ0v) is 9.45. The van der Waals surface area contributed by atoms with Crippen molar-refractivity contribution in [2.75, 3.05) is 26.4 Å². The molecule has 0 atom stereocenters. The van der Waals surface area contributed by atoms with Crippen molar-refractivity contribution in [1.82, 2.24) is 0 Å². The Morgan fingerprint density at radius 3 is 1.87 bits per heavy atom. The molecule has 0 saturated carbocycles.